The monoisotopic (exact) mass is 202 g/mol. The van der Waals surface area contributed by atoms with Crippen molar-refractivity contribution in [1.29, 1.82) is 0 Å². The van der Waals surface area contributed by atoms with Crippen LogP contribution < -0.4 is 0 Å². The number of unbranched alkanes of at least 4 members (excludes halogenated alkanes) is 3. The van der Waals surface area contributed by atoms with E-state index in [0.717, 1.165) is 6.42 Å². The molecule has 84 valence electrons. The molecule has 0 aromatic heterocycles. The van der Waals surface area contributed by atoms with Gasteiger partial charge < -0.3 is 14.2 Å². The van der Waals surface area contributed by atoms with Gasteiger partial charge in [0.05, 0.1) is 13.2 Å². The first-order chi connectivity index (χ1) is 6.86. The topological polar surface area (TPSA) is 27.7 Å². The standard InChI is InChI=1S/C11H22O3/c1-3-4-5-6-7-11-13-9-10(14-11)8-12-2/h10-11H,3-9H2,1-2H3/t10-,11+/m0/s1. The maximum Gasteiger partial charge on any atom is 0.158 e. The Kier molecular flexibility index (Phi) is 6.15. The van der Waals surface area contributed by atoms with Crippen LogP contribution in [0, 0.1) is 0 Å². The molecule has 14 heavy (non-hydrogen) atoms. The fourth-order valence-corrected chi connectivity index (χ4v) is 1.67. The van der Waals surface area contributed by atoms with E-state index >= 15 is 0 Å². The van der Waals surface area contributed by atoms with Gasteiger partial charge in [-0.2, -0.15) is 0 Å². The molecule has 1 aliphatic rings. The number of ether oxygens (including phenoxy) is 3. The first-order valence-corrected chi connectivity index (χ1v) is 5.62. The molecular formula is C11H22O3. The number of rotatable bonds is 7. The van der Waals surface area contributed by atoms with Gasteiger partial charge in [-0.15, -0.1) is 0 Å². The predicted molar refractivity (Wildman–Crippen MR) is 55.2 cm³/mol. The summed E-state index contributed by atoms with van der Waals surface area (Å²) in [6.07, 6.45) is 6.28. The van der Waals surface area contributed by atoms with Crippen LogP contribution in [0.5, 0.6) is 0 Å². The summed E-state index contributed by atoms with van der Waals surface area (Å²) in [7, 11) is 1.69. The van der Waals surface area contributed by atoms with Crippen LogP contribution in [-0.2, 0) is 14.2 Å². The highest BCUT2D eigenvalue weighted by molar-refractivity contribution is 4.64. The van der Waals surface area contributed by atoms with E-state index in [1.807, 2.05) is 0 Å². The third-order valence-electron chi connectivity index (χ3n) is 2.46. The van der Waals surface area contributed by atoms with Crippen LogP contribution >= 0.6 is 0 Å². The van der Waals surface area contributed by atoms with Crippen LogP contribution in [0.2, 0.25) is 0 Å². The minimum absolute atomic E-state index is 0.0204. The zero-order chi connectivity index (χ0) is 10.2. The minimum atomic E-state index is 0.0204. The maximum atomic E-state index is 5.63. The zero-order valence-electron chi connectivity index (χ0n) is 9.33. The van der Waals surface area contributed by atoms with Gasteiger partial charge in [-0.05, 0) is 12.8 Å². The summed E-state index contributed by atoms with van der Waals surface area (Å²) >= 11 is 0. The first kappa shape index (κ1) is 12.0. The molecule has 1 fully saturated rings. The molecular weight excluding hydrogens is 180 g/mol. The Labute approximate surface area is 86.7 Å². The Morgan fingerprint density at radius 2 is 2.14 bits per heavy atom. The highest BCUT2D eigenvalue weighted by Gasteiger charge is 2.24. The van der Waals surface area contributed by atoms with E-state index in [-0.39, 0.29) is 12.4 Å². The molecule has 1 saturated heterocycles. The molecule has 0 saturated carbocycles. The normalized spacial score (nSPS) is 27.0. The van der Waals surface area contributed by atoms with Gasteiger partial charge >= 0.3 is 0 Å². The molecule has 0 N–H and O–H groups in total. The van der Waals surface area contributed by atoms with Gasteiger partial charge in [-0.25, -0.2) is 0 Å². The largest absolute Gasteiger partial charge is 0.382 e. The second-order valence-electron chi connectivity index (χ2n) is 3.83. The number of hydrogen-bond acceptors (Lipinski definition) is 3. The lowest BCUT2D eigenvalue weighted by molar-refractivity contribution is -0.0728. The number of hydrogen-bond donors (Lipinski definition) is 0. The van der Waals surface area contributed by atoms with Gasteiger partial charge in [0.2, 0.25) is 0 Å². The van der Waals surface area contributed by atoms with Crippen LogP contribution in [0.25, 0.3) is 0 Å². The Bertz CT molecular complexity index is 138. The molecule has 3 heteroatoms. The highest BCUT2D eigenvalue weighted by atomic mass is 16.7. The van der Waals surface area contributed by atoms with Gasteiger partial charge in [0.1, 0.15) is 6.10 Å². The molecule has 1 aliphatic heterocycles. The third kappa shape index (κ3) is 4.40. The quantitative estimate of drug-likeness (QED) is 0.593. The lowest BCUT2D eigenvalue weighted by atomic mass is 10.1. The molecule has 0 aromatic rings. The summed E-state index contributed by atoms with van der Waals surface area (Å²) in [5, 5.41) is 0. The Hall–Kier alpha value is -0.120. The SMILES string of the molecule is CCCCCC[C@@H]1OC[C@H](COC)O1. The third-order valence-corrected chi connectivity index (χ3v) is 2.46. The molecule has 0 unspecified atom stereocenters. The fourth-order valence-electron chi connectivity index (χ4n) is 1.67. The lowest BCUT2D eigenvalue weighted by Crippen LogP contribution is -2.17. The van der Waals surface area contributed by atoms with Crippen molar-refractivity contribution in [3.05, 3.63) is 0 Å². The molecule has 0 spiro atoms. The van der Waals surface area contributed by atoms with E-state index < -0.39 is 0 Å². The summed E-state index contributed by atoms with van der Waals surface area (Å²) in [6.45, 7) is 3.55. The van der Waals surface area contributed by atoms with Crippen molar-refractivity contribution in [2.45, 2.75) is 51.4 Å². The van der Waals surface area contributed by atoms with E-state index in [2.05, 4.69) is 6.92 Å². The van der Waals surface area contributed by atoms with E-state index in [0.29, 0.717) is 13.2 Å². The predicted octanol–water partition coefficient (Wildman–Crippen LogP) is 2.34. The van der Waals surface area contributed by atoms with Crippen molar-refractivity contribution in [1.82, 2.24) is 0 Å². The van der Waals surface area contributed by atoms with Crippen LogP contribution in [0.15, 0.2) is 0 Å². The van der Waals surface area contributed by atoms with Gasteiger partial charge in [-0.1, -0.05) is 26.2 Å². The van der Waals surface area contributed by atoms with E-state index in [4.69, 9.17) is 14.2 Å². The summed E-state index contributed by atoms with van der Waals surface area (Å²) in [6, 6.07) is 0. The molecule has 3 nitrogen and oxygen atoms in total. The average molecular weight is 202 g/mol. The van der Waals surface area contributed by atoms with Crippen LogP contribution in [0.3, 0.4) is 0 Å². The Balaban J connectivity index is 1.98. The zero-order valence-corrected chi connectivity index (χ0v) is 9.33. The molecule has 1 heterocycles. The number of methoxy groups -OCH3 is 1. The molecule has 0 aliphatic carbocycles. The van der Waals surface area contributed by atoms with Crippen molar-refractivity contribution in [3.63, 3.8) is 0 Å². The second-order valence-corrected chi connectivity index (χ2v) is 3.83. The van der Waals surface area contributed by atoms with Crippen LogP contribution in [-0.4, -0.2) is 32.7 Å². The second kappa shape index (κ2) is 7.21. The van der Waals surface area contributed by atoms with Crippen LogP contribution in [0.4, 0.5) is 0 Å². The molecule has 0 radical (unpaired) electrons. The molecule has 0 bridgehead atoms. The van der Waals surface area contributed by atoms with Crippen LogP contribution in [0.1, 0.15) is 39.0 Å². The van der Waals surface area contributed by atoms with Gasteiger partial charge in [0.15, 0.2) is 6.29 Å². The lowest BCUT2D eigenvalue weighted by Gasteiger charge is -2.10. The highest BCUT2D eigenvalue weighted by Crippen LogP contribution is 2.17. The van der Waals surface area contributed by atoms with Gasteiger partial charge in [-0.3, -0.25) is 0 Å². The fraction of sp³-hybridized carbons (Fsp3) is 1.00. The van der Waals surface area contributed by atoms with Gasteiger partial charge in [0, 0.05) is 7.11 Å². The molecule has 2 atom stereocenters. The maximum absolute atomic E-state index is 5.63. The van der Waals surface area contributed by atoms with E-state index in [1.54, 1.807) is 7.11 Å². The van der Waals surface area contributed by atoms with Crippen molar-refractivity contribution in [2.24, 2.45) is 0 Å². The molecule has 1 rings (SSSR count). The van der Waals surface area contributed by atoms with Gasteiger partial charge in [0.25, 0.3) is 0 Å². The van der Waals surface area contributed by atoms with Crippen molar-refractivity contribution in [2.75, 3.05) is 20.3 Å². The van der Waals surface area contributed by atoms with E-state index in [1.165, 1.54) is 25.7 Å². The summed E-state index contributed by atoms with van der Waals surface area (Å²) in [5.74, 6) is 0. The molecule has 0 amide bonds. The summed E-state index contributed by atoms with van der Waals surface area (Å²) < 4.78 is 16.1. The summed E-state index contributed by atoms with van der Waals surface area (Å²) in [4.78, 5) is 0. The smallest absolute Gasteiger partial charge is 0.158 e. The van der Waals surface area contributed by atoms with Crippen molar-refractivity contribution < 1.29 is 14.2 Å². The summed E-state index contributed by atoms with van der Waals surface area (Å²) in [5.41, 5.74) is 0. The Morgan fingerprint density at radius 1 is 1.29 bits per heavy atom. The van der Waals surface area contributed by atoms with E-state index in [9.17, 15) is 0 Å². The average Bonchev–Trinajstić information content (AvgIpc) is 2.61. The Morgan fingerprint density at radius 3 is 2.86 bits per heavy atom. The van der Waals surface area contributed by atoms with Crippen molar-refractivity contribution in [3.8, 4) is 0 Å². The minimum Gasteiger partial charge on any atom is -0.382 e. The van der Waals surface area contributed by atoms with Crippen molar-refractivity contribution >= 4 is 0 Å². The molecule has 0 aromatic carbocycles. The first-order valence-electron chi connectivity index (χ1n) is 5.62.